The molecule has 0 aliphatic heterocycles. The lowest BCUT2D eigenvalue weighted by atomic mass is 9.67. The zero-order valence-corrected chi connectivity index (χ0v) is 17.8. The molecule has 0 saturated carbocycles. The predicted octanol–water partition coefficient (Wildman–Crippen LogP) is 7.62. The Morgan fingerprint density at radius 1 is 0.406 bits per heavy atom. The van der Waals surface area contributed by atoms with Gasteiger partial charge in [0.25, 0.3) is 0 Å². The van der Waals surface area contributed by atoms with Crippen molar-refractivity contribution in [3.63, 3.8) is 0 Å². The van der Waals surface area contributed by atoms with Crippen molar-refractivity contribution in [1.82, 2.24) is 0 Å². The van der Waals surface area contributed by atoms with Crippen molar-refractivity contribution >= 4 is 0 Å². The average Bonchev–Trinajstić information content (AvgIpc) is 3.39. The molecule has 7 rings (SSSR count). The molecule has 0 N–H and O–H groups in total. The maximum atomic E-state index is 2.40. The molecular weight excluding hydrogens is 384 g/mol. The standard InChI is InChI=1S/C32H22/c1-3-12-24(13-4-1)32(25-14-5-2-6-15-25)28-18-10-9-17-27(28)31-29(32)20-19-23-21-22-11-7-8-16-26(22)30(23)31/h1-20H,21H2. The van der Waals surface area contributed by atoms with Crippen LogP contribution in [0.2, 0.25) is 0 Å². The van der Waals surface area contributed by atoms with Gasteiger partial charge in [-0.2, -0.15) is 0 Å². The lowest BCUT2D eigenvalue weighted by Crippen LogP contribution is -2.28. The van der Waals surface area contributed by atoms with Crippen molar-refractivity contribution in [3.05, 3.63) is 155 Å². The van der Waals surface area contributed by atoms with Crippen LogP contribution in [0.25, 0.3) is 22.3 Å². The second kappa shape index (κ2) is 6.55. The van der Waals surface area contributed by atoms with Gasteiger partial charge >= 0.3 is 0 Å². The zero-order valence-electron chi connectivity index (χ0n) is 17.8. The van der Waals surface area contributed by atoms with Gasteiger partial charge in [0.1, 0.15) is 0 Å². The van der Waals surface area contributed by atoms with Crippen molar-refractivity contribution < 1.29 is 0 Å². The van der Waals surface area contributed by atoms with Gasteiger partial charge in [-0.15, -0.1) is 0 Å². The lowest BCUT2D eigenvalue weighted by Gasteiger charge is -2.34. The molecular formula is C32H22. The Kier molecular flexibility index (Phi) is 3.63. The summed E-state index contributed by atoms with van der Waals surface area (Å²) in [6, 6.07) is 44.8. The molecule has 32 heavy (non-hydrogen) atoms. The largest absolute Gasteiger partial charge is 0.0713 e. The van der Waals surface area contributed by atoms with Gasteiger partial charge < -0.3 is 0 Å². The Morgan fingerprint density at radius 3 is 1.72 bits per heavy atom. The second-order valence-corrected chi connectivity index (χ2v) is 8.88. The smallest absolute Gasteiger partial charge is 0.0622 e. The predicted molar refractivity (Wildman–Crippen MR) is 132 cm³/mol. The number of benzene rings is 5. The van der Waals surface area contributed by atoms with E-state index in [-0.39, 0.29) is 5.41 Å². The molecule has 0 heterocycles. The van der Waals surface area contributed by atoms with Crippen LogP contribution in [0.5, 0.6) is 0 Å². The molecule has 5 aromatic rings. The molecule has 5 aromatic carbocycles. The van der Waals surface area contributed by atoms with E-state index in [1.165, 1.54) is 55.6 Å². The fraction of sp³-hybridized carbons (Fsp3) is 0.0625. The highest BCUT2D eigenvalue weighted by Gasteiger charge is 2.47. The van der Waals surface area contributed by atoms with Crippen LogP contribution in [0.1, 0.15) is 33.4 Å². The third-order valence-electron chi connectivity index (χ3n) is 7.38. The van der Waals surface area contributed by atoms with Gasteiger partial charge in [-0.3, -0.25) is 0 Å². The minimum absolute atomic E-state index is 0.318. The summed E-state index contributed by atoms with van der Waals surface area (Å²) in [4.78, 5) is 0. The quantitative estimate of drug-likeness (QED) is 0.277. The first-order valence-electron chi connectivity index (χ1n) is 11.3. The topological polar surface area (TPSA) is 0 Å². The van der Waals surface area contributed by atoms with Crippen LogP contribution in [0.4, 0.5) is 0 Å². The second-order valence-electron chi connectivity index (χ2n) is 8.88. The first-order chi connectivity index (χ1) is 15.9. The molecule has 0 spiro atoms. The lowest BCUT2D eigenvalue weighted by molar-refractivity contribution is 0.768. The molecule has 0 bridgehead atoms. The minimum Gasteiger partial charge on any atom is -0.0622 e. The van der Waals surface area contributed by atoms with Gasteiger partial charge in [-0.25, -0.2) is 0 Å². The summed E-state index contributed by atoms with van der Waals surface area (Å²) in [5.41, 5.74) is 13.6. The number of hydrogen-bond donors (Lipinski definition) is 0. The fourth-order valence-corrected chi connectivity index (χ4v) is 6.15. The molecule has 2 aliphatic rings. The van der Waals surface area contributed by atoms with Gasteiger partial charge in [-0.1, -0.05) is 121 Å². The van der Waals surface area contributed by atoms with Crippen molar-refractivity contribution in [2.75, 3.05) is 0 Å². The van der Waals surface area contributed by atoms with Crippen molar-refractivity contribution in [1.29, 1.82) is 0 Å². The van der Waals surface area contributed by atoms with Crippen LogP contribution < -0.4 is 0 Å². The average molecular weight is 407 g/mol. The third kappa shape index (κ3) is 2.17. The van der Waals surface area contributed by atoms with E-state index in [1.807, 2.05) is 0 Å². The van der Waals surface area contributed by atoms with E-state index in [4.69, 9.17) is 0 Å². The molecule has 0 amide bonds. The zero-order chi connectivity index (χ0) is 21.1. The molecule has 0 nitrogen and oxygen atoms in total. The third-order valence-corrected chi connectivity index (χ3v) is 7.38. The van der Waals surface area contributed by atoms with Gasteiger partial charge in [-0.05, 0) is 62.1 Å². The maximum Gasteiger partial charge on any atom is 0.0713 e. The summed E-state index contributed by atoms with van der Waals surface area (Å²) in [6.45, 7) is 0. The molecule has 0 radical (unpaired) electrons. The highest BCUT2D eigenvalue weighted by molar-refractivity contribution is 5.98. The summed E-state index contributed by atoms with van der Waals surface area (Å²) in [6.07, 6.45) is 1.02. The Bertz CT molecular complexity index is 1440. The summed E-state index contributed by atoms with van der Waals surface area (Å²) in [5.74, 6) is 0. The van der Waals surface area contributed by atoms with Crippen molar-refractivity contribution in [3.8, 4) is 22.3 Å². The normalized spacial score (nSPS) is 14.4. The SMILES string of the molecule is c1ccc(C2(c3ccccc3)c3ccccc3-c3c2ccc2c3-c3ccccc3C2)cc1. The Hall–Kier alpha value is -3.90. The number of fused-ring (bicyclic) bond motifs is 7. The van der Waals surface area contributed by atoms with Crippen LogP contribution in [-0.4, -0.2) is 0 Å². The fourth-order valence-electron chi connectivity index (χ4n) is 6.15. The van der Waals surface area contributed by atoms with E-state index in [0.29, 0.717) is 0 Å². The molecule has 0 unspecified atom stereocenters. The number of hydrogen-bond acceptors (Lipinski definition) is 0. The Morgan fingerprint density at radius 2 is 1.00 bits per heavy atom. The van der Waals surface area contributed by atoms with Crippen molar-refractivity contribution in [2.45, 2.75) is 11.8 Å². The summed E-state index contributed by atoms with van der Waals surface area (Å²) < 4.78 is 0. The highest BCUT2D eigenvalue weighted by Crippen LogP contribution is 2.59. The van der Waals surface area contributed by atoms with E-state index in [9.17, 15) is 0 Å². The molecule has 0 atom stereocenters. The highest BCUT2D eigenvalue weighted by atomic mass is 14.5. The van der Waals surface area contributed by atoms with E-state index in [1.54, 1.807) is 0 Å². The van der Waals surface area contributed by atoms with Crippen LogP contribution in [0.15, 0.2) is 121 Å². The van der Waals surface area contributed by atoms with Gasteiger partial charge in [0.05, 0.1) is 5.41 Å². The van der Waals surface area contributed by atoms with Crippen molar-refractivity contribution in [2.24, 2.45) is 0 Å². The van der Waals surface area contributed by atoms with E-state index in [0.717, 1.165) is 6.42 Å². The van der Waals surface area contributed by atoms with Gasteiger partial charge in [0.15, 0.2) is 0 Å². The van der Waals surface area contributed by atoms with E-state index in [2.05, 4.69) is 121 Å². The summed E-state index contributed by atoms with van der Waals surface area (Å²) >= 11 is 0. The summed E-state index contributed by atoms with van der Waals surface area (Å²) in [7, 11) is 0. The molecule has 2 aliphatic carbocycles. The molecule has 0 heteroatoms. The van der Waals surface area contributed by atoms with Gasteiger partial charge in [0, 0.05) is 0 Å². The van der Waals surface area contributed by atoms with Crippen LogP contribution in [0, 0.1) is 0 Å². The molecule has 0 fully saturated rings. The van der Waals surface area contributed by atoms with Crippen LogP contribution in [-0.2, 0) is 11.8 Å². The molecule has 0 aromatic heterocycles. The minimum atomic E-state index is -0.318. The first-order valence-corrected chi connectivity index (χ1v) is 11.3. The molecule has 150 valence electrons. The monoisotopic (exact) mass is 406 g/mol. The van der Waals surface area contributed by atoms with Gasteiger partial charge in [0.2, 0.25) is 0 Å². The van der Waals surface area contributed by atoms with Crippen LogP contribution in [0.3, 0.4) is 0 Å². The number of rotatable bonds is 2. The molecule has 0 saturated heterocycles. The first kappa shape index (κ1) is 17.7. The maximum absolute atomic E-state index is 2.40. The Labute approximate surface area is 188 Å². The van der Waals surface area contributed by atoms with E-state index < -0.39 is 0 Å². The Balaban J connectivity index is 1.67. The summed E-state index contributed by atoms with van der Waals surface area (Å²) in [5, 5.41) is 0. The van der Waals surface area contributed by atoms with Crippen LogP contribution >= 0.6 is 0 Å². The van der Waals surface area contributed by atoms with E-state index >= 15 is 0 Å².